The van der Waals surface area contributed by atoms with Crippen LogP contribution in [0.15, 0.2) is 28.7 Å². The second-order valence-electron chi connectivity index (χ2n) is 3.66. The molecule has 0 bridgehead atoms. The Bertz CT molecular complexity index is 349. The number of hydrogen-bond acceptors (Lipinski definition) is 1. The first-order chi connectivity index (χ1) is 7.07. The molecule has 0 saturated carbocycles. The van der Waals surface area contributed by atoms with Crippen molar-refractivity contribution in [1.29, 1.82) is 0 Å². The molecule has 0 radical (unpaired) electrons. The van der Waals surface area contributed by atoms with Crippen LogP contribution in [0.2, 0.25) is 0 Å². The van der Waals surface area contributed by atoms with Crippen LogP contribution in [0.5, 0.6) is 0 Å². The molecule has 0 saturated heterocycles. The molecule has 2 unspecified atom stereocenters. The van der Waals surface area contributed by atoms with E-state index >= 15 is 0 Å². The number of carboxylic acid groups (broad SMARTS) is 1. The minimum Gasteiger partial charge on any atom is -0.481 e. The molecule has 1 aromatic rings. The van der Waals surface area contributed by atoms with Crippen molar-refractivity contribution < 1.29 is 9.90 Å². The van der Waals surface area contributed by atoms with Gasteiger partial charge in [0.1, 0.15) is 0 Å². The number of halogens is 1. The fourth-order valence-corrected chi connectivity index (χ4v) is 2.37. The summed E-state index contributed by atoms with van der Waals surface area (Å²) in [6.45, 7) is 3.78. The van der Waals surface area contributed by atoms with E-state index in [0.29, 0.717) is 0 Å². The molecular weight excluding hydrogens is 256 g/mol. The van der Waals surface area contributed by atoms with E-state index < -0.39 is 5.97 Å². The Kier molecular flexibility index (Phi) is 4.33. The van der Waals surface area contributed by atoms with Crippen LogP contribution in [-0.4, -0.2) is 11.1 Å². The lowest BCUT2D eigenvalue weighted by molar-refractivity contribution is -0.141. The van der Waals surface area contributed by atoms with Crippen molar-refractivity contribution in [3.05, 3.63) is 34.3 Å². The van der Waals surface area contributed by atoms with Gasteiger partial charge in [0.15, 0.2) is 0 Å². The topological polar surface area (TPSA) is 37.3 Å². The third-order valence-electron chi connectivity index (χ3n) is 2.74. The largest absolute Gasteiger partial charge is 0.481 e. The molecule has 15 heavy (non-hydrogen) atoms. The molecule has 1 rings (SSSR count). The molecule has 0 heterocycles. The lowest BCUT2D eigenvalue weighted by Gasteiger charge is -2.20. The Morgan fingerprint density at radius 3 is 2.53 bits per heavy atom. The van der Waals surface area contributed by atoms with Crippen molar-refractivity contribution in [2.75, 3.05) is 0 Å². The van der Waals surface area contributed by atoms with Crippen LogP contribution in [0, 0.1) is 5.92 Å². The molecule has 82 valence electrons. The summed E-state index contributed by atoms with van der Waals surface area (Å²) in [5.41, 5.74) is 1.08. The van der Waals surface area contributed by atoms with E-state index in [4.69, 9.17) is 5.11 Å². The minimum absolute atomic E-state index is 0.0677. The van der Waals surface area contributed by atoms with Crippen molar-refractivity contribution in [2.24, 2.45) is 5.92 Å². The van der Waals surface area contributed by atoms with Crippen LogP contribution < -0.4 is 0 Å². The highest BCUT2D eigenvalue weighted by molar-refractivity contribution is 9.10. The van der Waals surface area contributed by atoms with Crippen LogP contribution in [0.1, 0.15) is 31.7 Å². The summed E-state index contributed by atoms with van der Waals surface area (Å²) in [6, 6.07) is 7.81. The molecule has 0 aliphatic rings. The van der Waals surface area contributed by atoms with Crippen LogP contribution in [0.3, 0.4) is 0 Å². The normalized spacial score (nSPS) is 14.6. The Labute approximate surface area is 98.4 Å². The van der Waals surface area contributed by atoms with Gasteiger partial charge < -0.3 is 5.11 Å². The van der Waals surface area contributed by atoms with E-state index in [1.54, 1.807) is 6.92 Å². The molecule has 0 aliphatic carbocycles. The maximum absolute atomic E-state index is 11.0. The summed E-state index contributed by atoms with van der Waals surface area (Å²) < 4.78 is 0.991. The monoisotopic (exact) mass is 270 g/mol. The first-order valence-corrected chi connectivity index (χ1v) is 5.84. The summed E-state index contributed by atoms with van der Waals surface area (Å²) >= 11 is 3.46. The van der Waals surface area contributed by atoms with Gasteiger partial charge in [-0.3, -0.25) is 4.79 Å². The molecule has 0 amide bonds. The number of benzene rings is 1. The zero-order valence-corrected chi connectivity index (χ0v) is 10.5. The van der Waals surface area contributed by atoms with Crippen molar-refractivity contribution in [3.63, 3.8) is 0 Å². The molecule has 2 atom stereocenters. The quantitative estimate of drug-likeness (QED) is 0.907. The Morgan fingerprint density at radius 1 is 1.47 bits per heavy atom. The van der Waals surface area contributed by atoms with Crippen LogP contribution in [-0.2, 0) is 4.79 Å². The maximum Gasteiger partial charge on any atom is 0.306 e. The average Bonchev–Trinajstić information content (AvgIpc) is 2.21. The summed E-state index contributed by atoms with van der Waals surface area (Å²) in [5.74, 6) is -1.02. The first-order valence-electron chi connectivity index (χ1n) is 5.05. The summed E-state index contributed by atoms with van der Waals surface area (Å²) in [7, 11) is 0. The summed E-state index contributed by atoms with van der Waals surface area (Å²) in [6.07, 6.45) is 0.829. The van der Waals surface area contributed by atoms with Gasteiger partial charge in [0.25, 0.3) is 0 Å². The van der Waals surface area contributed by atoms with Crippen LogP contribution in [0.4, 0.5) is 0 Å². The van der Waals surface area contributed by atoms with Gasteiger partial charge in [-0.2, -0.15) is 0 Å². The van der Waals surface area contributed by atoms with Gasteiger partial charge in [-0.15, -0.1) is 0 Å². The molecule has 0 aromatic heterocycles. The Hall–Kier alpha value is -0.830. The van der Waals surface area contributed by atoms with Gasteiger partial charge in [0, 0.05) is 4.47 Å². The van der Waals surface area contributed by atoms with E-state index in [2.05, 4.69) is 15.9 Å². The molecular formula is C12H15BrO2. The number of carbonyl (C=O) groups is 1. The second-order valence-corrected chi connectivity index (χ2v) is 4.52. The van der Waals surface area contributed by atoms with Crippen molar-refractivity contribution in [2.45, 2.75) is 26.2 Å². The Balaban J connectivity index is 3.02. The van der Waals surface area contributed by atoms with Gasteiger partial charge in [0.2, 0.25) is 0 Å². The molecule has 3 heteroatoms. The molecule has 2 nitrogen and oxygen atoms in total. The minimum atomic E-state index is -0.738. The highest BCUT2D eigenvalue weighted by Gasteiger charge is 2.24. The fraction of sp³-hybridized carbons (Fsp3) is 0.417. The molecule has 0 fully saturated rings. The van der Waals surface area contributed by atoms with Crippen LogP contribution in [0.25, 0.3) is 0 Å². The maximum atomic E-state index is 11.0. The van der Waals surface area contributed by atoms with Crippen molar-refractivity contribution in [3.8, 4) is 0 Å². The zero-order chi connectivity index (χ0) is 11.4. The number of aliphatic carboxylic acids is 1. The fourth-order valence-electron chi connectivity index (χ4n) is 1.79. The summed E-state index contributed by atoms with van der Waals surface area (Å²) in [4.78, 5) is 11.0. The third kappa shape index (κ3) is 2.81. The lowest BCUT2D eigenvalue weighted by Crippen LogP contribution is -2.18. The lowest BCUT2D eigenvalue weighted by atomic mass is 9.85. The first kappa shape index (κ1) is 12.2. The highest BCUT2D eigenvalue weighted by atomic mass is 79.9. The van der Waals surface area contributed by atoms with E-state index in [-0.39, 0.29) is 11.8 Å². The zero-order valence-electron chi connectivity index (χ0n) is 8.90. The average molecular weight is 271 g/mol. The SMILES string of the molecule is CCC(c1ccccc1Br)C(C)C(=O)O. The van der Waals surface area contributed by atoms with Gasteiger partial charge in [-0.05, 0) is 24.0 Å². The second kappa shape index (κ2) is 5.31. The molecule has 1 aromatic carbocycles. The van der Waals surface area contributed by atoms with Crippen molar-refractivity contribution in [1.82, 2.24) is 0 Å². The number of rotatable bonds is 4. The molecule has 0 aliphatic heterocycles. The van der Waals surface area contributed by atoms with E-state index in [9.17, 15) is 4.79 Å². The van der Waals surface area contributed by atoms with Gasteiger partial charge in [0.05, 0.1) is 5.92 Å². The van der Waals surface area contributed by atoms with Gasteiger partial charge >= 0.3 is 5.97 Å². The van der Waals surface area contributed by atoms with E-state index in [1.807, 2.05) is 31.2 Å². The predicted octanol–water partition coefficient (Wildman–Crippen LogP) is 3.66. The van der Waals surface area contributed by atoms with E-state index in [0.717, 1.165) is 16.5 Å². The van der Waals surface area contributed by atoms with Crippen molar-refractivity contribution >= 4 is 21.9 Å². The predicted molar refractivity (Wildman–Crippen MR) is 64.0 cm³/mol. The Morgan fingerprint density at radius 2 is 2.07 bits per heavy atom. The third-order valence-corrected chi connectivity index (χ3v) is 3.46. The molecule has 0 spiro atoms. The highest BCUT2D eigenvalue weighted by Crippen LogP contribution is 2.32. The van der Waals surface area contributed by atoms with Crippen LogP contribution >= 0.6 is 15.9 Å². The number of hydrogen-bond donors (Lipinski definition) is 1. The van der Waals surface area contributed by atoms with Gasteiger partial charge in [-0.25, -0.2) is 0 Å². The number of carboxylic acids is 1. The standard InChI is InChI=1S/C12H15BrO2/c1-3-9(8(2)12(14)15)10-6-4-5-7-11(10)13/h4-9H,3H2,1-2H3,(H,14,15). The smallest absolute Gasteiger partial charge is 0.306 e. The molecule has 1 N–H and O–H groups in total. The van der Waals surface area contributed by atoms with Gasteiger partial charge in [-0.1, -0.05) is 48.0 Å². The summed E-state index contributed by atoms with van der Waals surface area (Å²) in [5, 5.41) is 9.02. The van der Waals surface area contributed by atoms with E-state index in [1.165, 1.54) is 0 Å².